The monoisotopic (exact) mass is 394 g/mol. The van der Waals surface area contributed by atoms with E-state index in [4.69, 9.17) is 9.47 Å². The standard InChI is InChI=1S/C17H18N2O7S/c1-17(2)13(16(21)26-9-11-8-25-11)19-14(20)12(15(19)27(17,23)24)7-10-5-3-4-6-18(10)22/h3-7,11,13,15H,8-9H2,1-2H3/b12-7+/t11?,13-,15+/m0/s1. The molecule has 1 aromatic heterocycles. The summed E-state index contributed by atoms with van der Waals surface area (Å²) in [5.41, 5.74) is 0.116. The van der Waals surface area contributed by atoms with Gasteiger partial charge in [0.1, 0.15) is 17.5 Å². The molecule has 3 saturated heterocycles. The highest BCUT2D eigenvalue weighted by molar-refractivity contribution is 7.94. The van der Waals surface area contributed by atoms with Gasteiger partial charge in [-0.1, -0.05) is 0 Å². The highest BCUT2D eigenvalue weighted by Crippen LogP contribution is 2.49. The van der Waals surface area contributed by atoms with E-state index in [1.54, 1.807) is 6.07 Å². The van der Waals surface area contributed by atoms with Gasteiger partial charge in [-0.2, -0.15) is 4.73 Å². The van der Waals surface area contributed by atoms with Crippen LogP contribution in [-0.4, -0.2) is 60.7 Å². The third-order valence-electron chi connectivity index (χ3n) is 5.16. The van der Waals surface area contributed by atoms with Crippen LogP contribution in [0.3, 0.4) is 0 Å². The minimum absolute atomic E-state index is 0.0281. The summed E-state index contributed by atoms with van der Waals surface area (Å²) < 4.78 is 35.2. The lowest BCUT2D eigenvalue weighted by molar-refractivity contribution is -0.607. The molecule has 3 fully saturated rings. The minimum Gasteiger partial charge on any atom is -0.618 e. The topological polar surface area (TPSA) is 120 Å². The summed E-state index contributed by atoms with van der Waals surface area (Å²) in [5, 5.41) is 10.6. The van der Waals surface area contributed by atoms with Crippen molar-refractivity contribution >= 4 is 27.8 Å². The molecule has 9 nitrogen and oxygen atoms in total. The Morgan fingerprint density at radius 1 is 1.48 bits per heavy atom. The van der Waals surface area contributed by atoms with Crippen LogP contribution in [0.25, 0.3) is 6.08 Å². The molecular formula is C17H18N2O7S. The molecule has 0 spiro atoms. The quantitative estimate of drug-likeness (QED) is 0.167. The third-order valence-corrected chi connectivity index (χ3v) is 7.92. The van der Waals surface area contributed by atoms with Crippen LogP contribution in [0.4, 0.5) is 0 Å². The van der Waals surface area contributed by atoms with E-state index in [0.717, 1.165) is 4.90 Å². The number of carbonyl (C=O) groups is 2. The van der Waals surface area contributed by atoms with Crippen molar-refractivity contribution in [1.82, 2.24) is 4.90 Å². The number of hydrogen-bond donors (Lipinski definition) is 0. The lowest BCUT2D eigenvalue weighted by Crippen LogP contribution is -2.59. The van der Waals surface area contributed by atoms with Crippen LogP contribution in [0.1, 0.15) is 19.5 Å². The highest BCUT2D eigenvalue weighted by atomic mass is 32.2. The van der Waals surface area contributed by atoms with Crippen LogP contribution in [0.5, 0.6) is 0 Å². The number of esters is 1. The normalized spacial score (nSPS) is 31.3. The van der Waals surface area contributed by atoms with Crippen molar-refractivity contribution in [3.63, 3.8) is 0 Å². The summed E-state index contributed by atoms with van der Waals surface area (Å²) in [6.07, 6.45) is 2.34. The molecule has 144 valence electrons. The van der Waals surface area contributed by atoms with Crippen molar-refractivity contribution in [3.05, 3.63) is 40.9 Å². The second kappa shape index (κ2) is 5.77. The molecule has 0 N–H and O–H groups in total. The number of amides is 1. The first-order valence-corrected chi connectivity index (χ1v) is 9.95. The van der Waals surface area contributed by atoms with E-state index >= 15 is 0 Å². The van der Waals surface area contributed by atoms with E-state index in [0.29, 0.717) is 11.3 Å². The van der Waals surface area contributed by atoms with E-state index in [-0.39, 0.29) is 24.0 Å². The first-order chi connectivity index (χ1) is 12.7. The molecule has 10 heteroatoms. The fraction of sp³-hybridized carbons (Fsp3) is 0.471. The number of rotatable bonds is 4. The predicted octanol–water partition coefficient (Wildman–Crippen LogP) is -0.611. The van der Waals surface area contributed by atoms with Crippen LogP contribution >= 0.6 is 0 Å². The number of carbonyl (C=O) groups excluding carboxylic acids is 2. The van der Waals surface area contributed by atoms with E-state index in [2.05, 4.69) is 0 Å². The van der Waals surface area contributed by atoms with E-state index in [1.165, 1.54) is 38.3 Å². The minimum atomic E-state index is -3.90. The van der Waals surface area contributed by atoms with Gasteiger partial charge >= 0.3 is 5.97 Å². The number of β-lactam (4-membered cyclic amide) rings is 1. The van der Waals surface area contributed by atoms with Crippen LogP contribution in [-0.2, 0) is 28.9 Å². The van der Waals surface area contributed by atoms with Crippen LogP contribution in [0.15, 0.2) is 30.0 Å². The van der Waals surface area contributed by atoms with Crippen molar-refractivity contribution < 1.29 is 32.2 Å². The van der Waals surface area contributed by atoms with Gasteiger partial charge < -0.3 is 19.6 Å². The Morgan fingerprint density at radius 3 is 2.81 bits per heavy atom. The van der Waals surface area contributed by atoms with Crippen molar-refractivity contribution in [1.29, 1.82) is 0 Å². The number of hydrogen-bond acceptors (Lipinski definition) is 7. The number of fused-ring (bicyclic) bond motifs is 1. The Morgan fingerprint density at radius 2 is 2.19 bits per heavy atom. The summed E-state index contributed by atoms with van der Waals surface area (Å²) in [7, 11) is -3.90. The molecule has 0 aromatic carbocycles. The molecule has 1 amide bonds. The number of sulfone groups is 1. The maximum absolute atomic E-state index is 13.0. The molecule has 4 rings (SSSR count). The highest BCUT2D eigenvalue weighted by Gasteiger charge is 2.70. The van der Waals surface area contributed by atoms with Gasteiger partial charge in [-0.3, -0.25) is 4.79 Å². The maximum atomic E-state index is 13.0. The summed E-state index contributed by atoms with van der Waals surface area (Å²) in [4.78, 5) is 26.2. The molecule has 1 unspecified atom stereocenters. The molecule has 3 aliphatic heterocycles. The number of ether oxygens (including phenoxy) is 2. The number of nitrogens with zero attached hydrogens (tertiary/aromatic N) is 2. The molecular weight excluding hydrogens is 376 g/mol. The van der Waals surface area contributed by atoms with Gasteiger partial charge in [0.05, 0.1) is 12.2 Å². The molecule has 0 aliphatic carbocycles. The summed E-state index contributed by atoms with van der Waals surface area (Å²) in [5.74, 6) is -1.37. The first-order valence-electron chi connectivity index (χ1n) is 8.40. The zero-order valence-corrected chi connectivity index (χ0v) is 15.5. The molecule has 3 aliphatic rings. The zero-order chi connectivity index (χ0) is 19.6. The van der Waals surface area contributed by atoms with Crippen LogP contribution < -0.4 is 4.73 Å². The van der Waals surface area contributed by atoms with Gasteiger partial charge in [-0.15, -0.1) is 0 Å². The predicted molar refractivity (Wildman–Crippen MR) is 91.5 cm³/mol. The number of epoxide rings is 1. The Balaban J connectivity index is 1.69. The van der Waals surface area contributed by atoms with Gasteiger partial charge in [-0.25, -0.2) is 13.2 Å². The van der Waals surface area contributed by atoms with Gasteiger partial charge in [0.2, 0.25) is 5.69 Å². The van der Waals surface area contributed by atoms with Crippen LogP contribution in [0.2, 0.25) is 0 Å². The molecule has 4 heterocycles. The number of aromatic nitrogens is 1. The van der Waals surface area contributed by atoms with Gasteiger partial charge in [-0.05, 0) is 19.9 Å². The fourth-order valence-corrected chi connectivity index (χ4v) is 5.57. The Kier molecular flexibility index (Phi) is 3.83. The SMILES string of the molecule is CC1(C)[C@H](C(=O)OCC2CO2)N2C(=O)/C(=C\c3cccc[n+]3[O-])[C@H]2S1(=O)=O. The Labute approximate surface area is 155 Å². The van der Waals surface area contributed by atoms with Crippen LogP contribution in [0, 0.1) is 5.21 Å². The second-order valence-electron chi connectivity index (χ2n) is 7.25. The molecule has 3 atom stereocenters. The molecule has 1 aromatic rings. The lowest BCUT2D eigenvalue weighted by atomic mass is 9.95. The summed E-state index contributed by atoms with van der Waals surface area (Å²) in [6.45, 7) is 3.33. The van der Waals surface area contributed by atoms with Gasteiger partial charge in [0.25, 0.3) is 5.91 Å². The molecule has 0 radical (unpaired) electrons. The number of pyridine rings is 1. The first kappa shape index (κ1) is 17.9. The Bertz CT molecular complexity index is 965. The van der Waals surface area contributed by atoms with E-state index < -0.39 is 37.9 Å². The smallest absolute Gasteiger partial charge is 0.330 e. The van der Waals surface area contributed by atoms with E-state index in [9.17, 15) is 23.2 Å². The van der Waals surface area contributed by atoms with Gasteiger partial charge in [0.15, 0.2) is 27.4 Å². The third kappa shape index (κ3) is 2.54. The largest absolute Gasteiger partial charge is 0.618 e. The molecule has 0 saturated carbocycles. The van der Waals surface area contributed by atoms with Crippen molar-refractivity contribution in [3.8, 4) is 0 Å². The van der Waals surface area contributed by atoms with Crippen molar-refractivity contribution in [2.24, 2.45) is 0 Å². The summed E-state index contributed by atoms with van der Waals surface area (Å²) in [6, 6.07) is 3.36. The zero-order valence-electron chi connectivity index (χ0n) is 14.7. The van der Waals surface area contributed by atoms with E-state index in [1.807, 2.05) is 0 Å². The summed E-state index contributed by atoms with van der Waals surface area (Å²) >= 11 is 0. The second-order valence-corrected chi connectivity index (χ2v) is 9.84. The average Bonchev–Trinajstić information content (AvgIpc) is 3.41. The maximum Gasteiger partial charge on any atom is 0.330 e. The van der Waals surface area contributed by atoms with Crippen molar-refractivity contribution in [2.45, 2.75) is 36.1 Å². The lowest BCUT2D eigenvalue weighted by Gasteiger charge is -2.38. The molecule has 27 heavy (non-hydrogen) atoms. The van der Waals surface area contributed by atoms with Gasteiger partial charge in [0, 0.05) is 18.2 Å². The van der Waals surface area contributed by atoms with Crippen molar-refractivity contribution in [2.75, 3.05) is 13.2 Å². The molecule has 0 bridgehead atoms. The Hall–Kier alpha value is -2.46. The fourth-order valence-electron chi connectivity index (χ4n) is 3.45. The average molecular weight is 394 g/mol.